The summed E-state index contributed by atoms with van der Waals surface area (Å²) in [6.45, 7) is 14.2. The molecular formula is C21H28N2O4. The molecule has 0 unspecified atom stereocenters. The minimum Gasteiger partial charge on any atom is -0.476 e. The molecule has 0 fully saturated rings. The number of hydrogen-bond acceptors (Lipinski definition) is 4. The fourth-order valence-electron chi connectivity index (χ4n) is 2.82. The van der Waals surface area contributed by atoms with Crippen molar-refractivity contribution in [2.24, 2.45) is 0 Å². The van der Waals surface area contributed by atoms with Crippen molar-refractivity contribution in [1.82, 2.24) is 9.78 Å². The Morgan fingerprint density at radius 2 is 1.48 bits per heavy atom. The van der Waals surface area contributed by atoms with Crippen molar-refractivity contribution in [3.63, 3.8) is 0 Å². The smallest absolute Gasteiger partial charge is 0.358 e. The van der Waals surface area contributed by atoms with Crippen LogP contribution in [-0.4, -0.2) is 33.9 Å². The molecule has 2 aromatic rings. The lowest BCUT2D eigenvalue weighted by atomic mass is 9.80. The molecule has 1 N–H and O–H groups in total. The van der Waals surface area contributed by atoms with E-state index >= 15 is 0 Å². The van der Waals surface area contributed by atoms with E-state index in [1.54, 1.807) is 6.92 Å². The third-order valence-electron chi connectivity index (χ3n) is 4.60. The Balaban J connectivity index is 2.85. The minimum absolute atomic E-state index is 0.00775. The Hall–Kier alpha value is -2.63. The second-order valence-corrected chi connectivity index (χ2v) is 8.80. The summed E-state index contributed by atoms with van der Waals surface area (Å²) in [6, 6.07) is 5.99. The molecular weight excluding hydrogens is 344 g/mol. The van der Waals surface area contributed by atoms with Gasteiger partial charge in [0.1, 0.15) is 0 Å². The number of nitrogens with zero attached hydrogens (tertiary/aromatic N) is 2. The van der Waals surface area contributed by atoms with E-state index in [1.165, 1.54) is 11.8 Å². The predicted molar refractivity (Wildman–Crippen MR) is 104 cm³/mol. The van der Waals surface area contributed by atoms with E-state index < -0.39 is 11.9 Å². The maximum Gasteiger partial charge on any atom is 0.358 e. The summed E-state index contributed by atoms with van der Waals surface area (Å²) < 4.78 is 6.08. The van der Waals surface area contributed by atoms with Crippen LogP contribution in [0.3, 0.4) is 0 Å². The minimum atomic E-state index is -1.14. The highest BCUT2D eigenvalue weighted by Gasteiger charge is 2.27. The fourth-order valence-corrected chi connectivity index (χ4v) is 2.82. The maximum atomic E-state index is 12.0. The highest BCUT2D eigenvalue weighted by atomic mass is 16.5. The summed E-state index contributed by atoms with van der Waals surface area (Å²) in [6.07, 6.45) is 0. The van der Waals surface area contributed by atoms with Crippen LogP contribution in [0.25, 0.3) is 5.69 Å². The molecule has 0 saturated heterocycles. The number of aromatic nitrogens is 2. The Bertz CT molecular complexity index is 864. The molecule has 0 atom stereocenters. The number of benzene rings is 1. The average Bonchev–Trinajstić information content (AvgIpc) is 2.89. The first-order valence-corrected chi connectivity index (χ1v) is 8.85. The van der Waals surface area contributed by atoms with Crippen LogP contribution in [0.2, 0.25) is 0 Å². The number of aromatic carboxylic acids is 1. The first-order chi connectivity index (χ1) is 12.3. The lowest BCUT2D eigenvalue weighted by Crippen LogP contribution is -2.18. The molecule has 6 nitrogen and oxygen atoms in total. The SMILES string of the molecule is COC(=O)c1nn(-c2cc(C(C)(C)C)cc(C(C)(C)C)c2)c(C(=O)O)c1C. The second kappa shape index (κ2) is 6.83. The zero-order valence-electron chi connectivity index (χ0n) is 17.3. The Morgan fingerprint density at radius 3 is 1.85 bits per heavy atom. The van der Waals surface area contributed by atoms with Crippen LogP contribution in [0, 0.1) is 6.92 Å². The zero-order valence-corrected chi connectivity index (χ0v) is 17.3. The number of carbonyl (C=O) groups excluding carboxylic acids is 1. The lowest BCUT2D eigenvalue weighted by molar-refractivity contribution is 0.0592. The molecule has 1 aromatic heterocycles. The molecule has 0 bridgehead atoms. The molecule has 27 heavy (non-hydrogen) atoms. The van der Waals surface area contributed by atoms with Crippen molar-refractivity contribution in [2.45, 2.75) is 59.3 Å². The summed E-state index contributed by atoms with van der Waals surface area (Å²) in [5.74, 6) is -1.80. The normalized spacial score (nSPS) is 12.1. The largest absolute Gasteiger partial charge is 0.476 e. The quantitative estimate of drug-likeness (QED) is 0.814. The molecule has 0 saturated carbocycles. The number of rotatable bonds is 3. The molecule has 0 aliphatic rings. The van der Waals surface area contributed by atoms with Gasteiger partial charge < -0.3 is 9.84 Å². The molecule has 2 rings (SSSR count). The van der Waals surface area contributed by atoms with Gasteiger partial charge in [-0.3, -0.25) is 0 Å². The standard InChI is InChI=1S/C21H28N2O4/c1-12-16(19(26)27-8)22-23(17(12)18(24)25)15-10-13(20(2,3)4)9-14(11-15)21(5,6)7/h9-11H,1-8H3,(H,24,25). The number of ether oxygens (including phenoxy) is 1. The Labute approximate surface area is 160 Å². The number of carboxylic acids is 1. The predicted octanol–water partition coefficient (Wildman–Crippen LogP) is 4.26. The molecule has 146 valence electrons. The van der Waals surface area contributed by atoms with E-state index in [2.05, 4.69) is 52.7 Å². The molecule has 6 heteroatoms. The van der Waals surface area contributed by atoms with Crippen molar-refractivity contribution in [3.8, 4) is 5.69 Å². The van der Waals surface area contributed by atoms with Crippen LogP contribution in [0.4, 0.5) is 0 Å². The van der Waals surface area contributed by atoms with Gasteiger partial charge in [0.15, 0.2) is 11.4 Å². The van der Waals surface area contributed by atoms with Gasteiger partial charge in [0.25, 0.3) is 0 Å². The van der Waals surface area contributed by atoms with E-state index in [1.807, 2.05) is 12.1 Å². The van der Waals surface area contributed by atoms with Gasteiger partial charge in [-0.15, -0.1) is 0 Å². The third-order valence-corrected chi connectivity index (χ3v) is 4.60. The number of esters is 1. The van der Waals surface area contributed by atoms with E-state index in [0.717, 1.165) is 11.1 Å². The van der Waals surface area contributed by atoms with Crippen LogP contribution < -0.4 is 0 Å². The molecule has 0 aliphatic carbocycles. The molecule has 0 aliphatic heterocycles. The monoisotopic (exact) mass is 372 g/mol. The van der Waals surface area contributed by atoms with Crippen molar-refractivity contribution < 1.29 is 19.4 Å². The lowest BCUT2D eigenvalue weighted by Gasteiger charge is -2.26. The molecule has 0 radical (unpaired) electrons. The summed E-state index contributed by atoms with van der Waals surface area (Å²) in [7, 11) is 1.25. The van der Waals surface area contributed by atoms with Gasteiger partial charge in [0.05, 0.1) is 12.8 Å². The topological polar surface area (TPSA) is 81.4 Å². The van der Waals surface area contributed by atoms with Gasteiger partial charge in [-0.1, -0.05) is 47.6 Å². The number of methoxy groups -OCH3 is 1. The van der Waals surface area contributed by atoms with Crippen LogP contribution in [0.5, 0.6) is 0 Å². The van der Waals surface area contributed by atoms with Gasteiger partial charge in [0, 0.05) is 5.56 Å². The van der Waals surface area contributed by atoms with Crippen molar-refractivity contribution in [2.75, 3.05) is 7.11 Å². The zero-order chi connectivity index (χ0) is 20.7. The average molecular weight is 372 g/mol. The van der Waals surface area contributed by atoms with Crippen molar-refractivity contribution in [3.05, 3.63) is 46.3 Å². The van der Waals surface area contributed by atoms with Crippen LogP contribution in [0.1, 0.15) is 79.2 Å². The van der Waals surface area contributed by atoms with E-state index in [-0.39, 0.29) is 27.8 Å². The molecule has 1 heterocycles. The molecule has 0 spiro atoms. The Kier molecular flexibility index (Phi) is 5.23. The highest BCUT2D eigenvalue weighted by Crippen LogP contribution is 2.32. The third kappa shape index (κ3) is 4.04. The van der Waals surface area contributed by atoms with Gasteiger partial charge in [-0.05, 0) is 41.0 Å². The van der Waals surface area contributed by atoms with Crippen LogP contribution >= 0.6 is 0 Å². The number of carboxylic acid groups (broad SMARTS) is 1. The van der Waals surface area contributed by atoms with E-state index in [4.69, 9.17) is 4.74 Å². The Morgan fingerprint density at radius 1 is 1.00 bits per heavy atom. The summed E-state index contributed by atoms with van der Waals surface area (Å²) in [4.78, 5) is 23.9. The second-order valence-electron chi connectivity index (χ2n) is 8.80. The van der Waals surface area contributed by atoms with Crippen molar-refractivity contribution >= 4 is 11.9 Å². The van der Waals surface area contributed by atoms with Gasteiger partial charge in [0.2, 0.25) is 0 Å². The molecule has 1 aromatic carbocycles. The summed E-state index contributed by atoms with van der Waals surface area (Å²) in [5.41, 5.74) is 2.73. The first kappa shape index (κ1) is 20.7. The maximum absolute atomic E-state index is 12.0. The first-order valence-electron chi connectivity index (χ1n) is 8.85. The van der Waals surface area contributed by atoms with Crippen LogP contribution in [-0.2, 0) is 15.6 Å². The highest BCUT2D eigenvalue weighted by molar-refractivity contribution is 5.95. The van der Waals surface area contributed by atoms with Gasteiger partial charge in [-0.2, -0.15) is 5.10 Å². The summed E-state index contributed by atoms with van der Waals surface area (Å²) in [5, 5.41) is 14.0. The van der Waals surface area contributed by atoms with Crippen LogP contribution in [0.15, 0.2) is 18.2 Å². The number of carbonyl (C=O) groups is 2. The van der Waals surface area contributed by atoms with Gasteiger partial charge in [-0.25, -0.2) is 14.3 Å². The molecule has 0 amide bonds. The van der Waals surface area contributed by atoms with Gasteiger partial charge >= 0.3 is 11.9 Å². The van der Waals surface area contributed by atoms with Crippen molar-refractivity contribution in [1.29, 1.82) is 0 Å². The number of hydrogen-bond donors (Lipinski definition) is 1. The fraction of sp³-hybridized carbons (Fsp3) is 0.476. The van der Waals surface area contributed by atoms with E-state index in [9.17, 15) is 14.7 Å². The summed E-state index contributed by atoms with van der Waals surface area (Å²) >= 11 is 0. The van der Waals surface area contributed by atoms with E-state index in [0.29, 0.717) is 5.69 Å².